The molecule has 4 rings (SSSR count). The summed E-state index contributed by atoms with van der Waals surface area (Å²) in [4.78, 5) is 8.12. The molecule has 1 aliphatic carbocycles. The molecular weight excluding hydrogens is 252 g/mol. The van der Waals surface area contributed by atoms with Crippen LogP contribution in [0.15, 0.2) is 12.4 Å². The van der Waals surface area contributed by atoms with Gasteiger partial charge in [0.05, 0.1) is 24.0 Å². The predicted octanol–water partition coefficient (Wildman–Crippen LogP) is 2.58. The number of aryl methyl sites for hydroxylation is 1. The monoisotopic (exact) mass is 270 g/mol. The van der Waals surface area contributed by atoms with Crippen molar-refractivity contribution in [3.05, 3.63) is 18.1 Å². The normalized spacial score (nSPS) is 16.5. The van der Waals surface area contributed by atoms with Gasteiger partial charge in [-0.25, -0.2) is 9.67 Å². The average molecular weight is 270 g/mol. The number of H-pyrrole nitrogens is 1. The molecule has 1 fully saturated rings. The molecule has 3 aromatic heterocycles. The Kier molecular flexibility index (Phi) is 2.45. The van der Waals surface area contributed by atoms with Gasteiger partial charge in [0.2, 0.25) is 0 Å². The van der Waals surface area contributed by atoms with Gasteiger partial charge in [0, 0.05) is 12.7 Å². The number of nitrogens with zero attached hydrogens (tertiary/aromatic N) is 5. The second-order valence-electron chi connectivity index (χ2n) is 5.62. The van der Waals surface area contributed by atoms with Crippen LogP contribution in [-0.2, 0) is 7.05 Å². The number of nitrogens with one attached hydrogen (secondary N) is 1. The molecule has 0 spiro atoms. The summed E-state index contributed by atoms with van der Waals surface area (Å²) in [6.07, 6.45) is 8.77. The molecule has 0 radical (unpaired) electrons. The summed E-state index contributed by atoms with van der Waals surface area (Å²) >= 11 is 0. The van der Waals surface area contributed by atoms with Gasteiger partial charge in [0.1, 0.15) is 11.3 Å². The lowest BCUT2D eigenvalue weighted by Crippen LogP contribution is -2.06. The Balaban J connectivity index is 1.81. The quantitative estimate of drug-likeness (QED) is 0.778. The molecule has 0 atom stereocenters. The zero-order valence-electron chi connectivity index (χ0n) is 11.8. The topological polar surface area (TPSA) is 64.3 Å². The average Bonchev–Trinajstić information content (AvgIpc) is 3.15. The first-order chi connectivity index (χ1) is 9.74. The van der Waals surface area contributed by atoms with Crippen LogP contribution >= 0.6 is 0 Å². The van der Waals surface area contributed by atoms with Crippen LogP contribution in [0.5, 0.6) is 0 Å². The molecule has 0 aliphatic heterocycles. The van der Waals surface area contributed by atoms with Gasteiger partial charge in [-0.15, -0.1) is 0 Å². The minimum Gasteiger partial charge on any atom is -0.335 e. The summed E-state index contributed by atoms with van der Waals surface area (Å²) in [7, 11) is 1.95. The summed E-state index contributed by atoms with van der Waals surface area (Å²) in [5.41, 5.74) is 4.15. The van der Waals surface area contributed by atoms with Crippen LogP contribution in [0.25, 0.3) is 22.6 Å². The van der Waals surface area contributed by atoms with Gasteiger partial charge in [-0.3, -0.25) is 4.68 Å². The van der Waals surface area contributed by atoms with E-state index in [0.717, 1.165) is 28.2 Å². The Morgan fingerprint density at radius 2 is 2.00 bits per heavy atom. The highest BCUT2D eigenvalue weighted by Crippen LogP contribution is 2.32. The van der Waals surface area contributed by atoms with Crippen molar-refractivity contribution in [3.63, 3.8) is 0 Å². The molecule has 104 valence electrons. The molecule has 1 saturated carbocycles. The molecule has 0 amide bonds. The van der Waals surface area contributed by atoms with E-state index in [2.05, 4.69) is 26.8 Å². The van der Waals surface area contributed by atoms with Crippen molar-refractivity contribution in [1.82, 2.24) is 29.5 Å². The second kappa shape index (κ2) is 4.19. The van der Waals surface area contributed by atoms with E-state index in [1.54, 1.807) is 0 Å². The molecule has 3 heterocycles. The molecule has 0 unspecified atom stereocenters. The Labute approximate surface area is 116 Å². The van der Waals surface area contributed by atoms with Gasteiger partial charge in [-0.05, 0) is 19.8 Å². The fourth-order valence-electron chi connectivity index (χ4n) is 3.09. The third-order valence-electron chi connectivity index (χ3n) is 4.40. The Bertz CT molecular complexity index is 756. The van der Waals surface area contributed by atoms with Gasteiger partial charge in [-0.1, -0.05) is 12.8 Å². The summed E-state index contributed by atoms with van der Waals surface area (Å²) in [6, 6.07) is 0.513. The molecule has 1 aliphatic rings. The highest BCUT2D eigenvalue weighted by atomic mass is 15.3. The largest absolute Gasteiger partial charge is 0.335 e. The summed E-state index contributed by atoms with van der Waals surface area (Å²) in [6.45, 7) is 2.05. The zero-order valence-corrected chi connectivity index (χ0v) is 11.8. The van der Waals surface area contributed by atoms with Crippen molar-refractivity contribution in [2.45, 2.75) is 38.6 Å². The predicted molar refractivity (Wildman–Crippen MR) is 76.3 cm³/mol. The molecule has 0 aromatic carbocycles. The minimum atomic E-state index is 0.513. The molecule has 1 N–H and O–H groups in total. The van der Waals surface area contributed by atoms with Crippen molar-refractivity contribution in [3.8, 4) is 11.4 Å². The van der Waals surface area contributed by atoms with Crippen molar-refractivity contribution >= 4 is 11.2 Å². The smallest absolute Gasteiger partial charge is 0.177 e. The Morgan fingerprint density at radius 1 is 1.20 bits per heavy atom. The number of hydrogen-bond donors (Lipinski definition) is 1. The lowest BCUT2D eigenvalue weighted by molar-refractivity contribution is 0.479. The van der Waals surface area contributed by atoms with Crippen LogP contribution in [0.4, 0.5) is 0 Å². The first kappa shape index (κ1) is 11.7. The van der Waals surface area contributed by atoms with Gasteiger partial charge < -0.3 is 4.98 Å². The Morgan fingerprint density at radius 3 is 2.70 bits per heavy atom. The van der Waals surface area contributed by atoms with Crippen molar-refractivity contribution < 1.29 is 0 Å². The molecule has 3 aromatic rings. The maximum absolute atomic E-state index is 4.75. The molecule has 0 saturated heterocycles. The number of rotatable bonds is 2. The molecule has 0 bridgehead atoms. The van der Waals surface area contributed by atoms with Gasteiger partial charge in [0.25, 0.3) is 0 Å². The van der Waals surface area contributed by atoms with E-state index in [1.165, 1.54) is 25.7 Å². The van der Waals surface area contributed by atoms with Crippen LogP contribution in [0.1, 0.15) is 37.4 Å². The van der Waals surface area contributed by atoms with E-state index in [4.69, 9.17) is 4.98 Å². The van der Waals surface area contributed by atoms with Crippen LogP contribution in [0, 0.1) is 6.92 Å². The maximum Gasteiger partial charge on any atom is 0.177 e. The fourth-order valence-corrected chi connectivity index (χ4v) is 3.09. The van der Waals surface area contributed by atoms with Crippen LogP contribution < -0.4 is 0 Å². The highest BCUT2D eigenvalue weighted by molar-refractivity contribution is 5.76. The van der Waals surface area contributed by atoms with Gasteiger partial charge in [-0.2, -0.15) is 10.2 Å². The summed E-state index contributed by atoms with van der Waals surface area (Å²) < 4.78 is 3.96. The minimum absolute atomic E-state index is 0.513. The Hall–Kier alpha value is -2.11. The van der Waals surface area contributed by atoms with Crippen LogP contribution in [-0.4, -0.2) is 29.5 Å². The van der Waals surface area contributed by atoms with E-state index in [1.807, 2.05) is 24.1 Å². The van der Waals surface area contributed by atoms with E-state index in [9.17, 15) is 0 Å². The van der Waals surface area contributed by atoms with Crippen molar-refractivity contribution in [1.29, 1.82) is 0 Å². The summed E-state index contributed by atoms with van der Waals surface area (Å²) in [5, 5.41) is 8.78. The van der Waals surface area contributed by atoms with Crippen LogP contribution in [0.2, 0.25) is 0 Å². The van der Waals surface area contributed by atoms with E-state index in [0.29, 0.717) is 6.04 Å². The standard InChI is InChI=1S/C14H18N6/c1-9-11(7-15-19(9)2)13-17-12-8-16-20(14(12)18-13)10-5-3-4-6-10/h7-8,10H,3-6H2,1-2H3,(H,17,18). The molecule has 20 heavy (non-hydrogen) atoms. The van der Waals surface area contributed by atoms with E-state index < -0.39 is 0 Å². The van der Waals surface area contributed by atoms with Crippen molar-refractivity contribution in [2.24, 2.45) is 7.05 Å². The zero-order chi connectivity index (χ0) is 13.7. The maximum atomic E-state index is 4.75. The number of imidazole rings is 1. The molecule has 6 nitrogen and oxygen atoms in total. The molecular formula is C14H18N6. The number of aromatic nitrogens is 6. The fraction of sp³-hybridized carbons (Fsp3) is 0.500. The van der Waals surface area contributed by atoms with Gasteiger partial charge in [0.15, 0.2) is 5.65 Å². The lowest BCUT2D eigenvalue weighted by atomic mass is 10.2. The SMILES string of the molecule is Cc1c(-c2nc3c(cnn3C3CCCC3)[nH]2)cnn1C. The second-order valence-corrected chi connectivity index (χ2v) is 5.62. The first-order valence-electron chi connectivity index (χ1n) is 7.16. The number of aromatic amines is 1. The van der Waals surface area contributed by atoms with Gasteiger partial charge >= 0.3 is 0 Å². The number of hydrogen-bond acceptors (Lipinski definition) is 3. The first-order valence-corrected chi connectivity index (χ1v) is 7.16. The van der Waals surface area contributed by atoms with E-state index >= 15 is 0 Å². The van der Waals surface area contributed by atoms with E-state index in [-0.39, 0.29) is 0 Å². The van der Waals surface area contributed by atoms with Crippen LogP contribution in [0.3, 0.4) is 0 Å². The highest BCUT2D eigenvalue weighted by Gasteiger charge is 2.22. The number of fused-ring (bicyclic) bond motifs is 1. The third kappa shape index (κ3) is 1.60. The lowest BCUT2D eigenvalue weighted by Gasteiger charge is -2.08. The van der Waals surface area contributed by atoms with Crippen molar-refractivity contribution in [2.75, 3.05) is 0 Å². The third-order valence-corrected chi connectivity index (χ3v) is 4.40. The molecule has 6 heteroatoms. The summed E-state index contributed by atoms with van der Waals surface area (Å²) in [5.74, 6) is 0.884.